The molecule has 1 aliphatic heterocycles. The highest BCUT2D eigenvalue weighted by atomic mass is 16.5. The second kappa shape index (κ2) is 8.93. The fourth-order valence-corrected chi connectivity index (χ4v) is 3.69. The second-order valence-corrected chi connectivity index (χ2v) is 7.08. The summed E-state index contributed by atoms with van der Waals surface area (Å²) in [5, 5.41) is 11.1. The summed E-state index contributed by atoms with van der Waals surface area (Å²) in [4.78, 5) is 31.9. The molecular weight excluding hydrogens is 408 g/mol. The van der Waals surface area contributed by atoms with Crippen molar-refractivity contribution in [3.63, 3.8) is 0 Å². The predicted octanol–water partition coefficient (Wildman–Crippen LogP) is 4.12. The molecule has 162 valence electrons. The molecule has 3 aromatic rings. The van der Waals surface area contributed by atoms with Crippen molar-refractivity contribution >= 4 is 23.1 Å². The zero-order valence-electron chi connectivity index (χ0n) is 17.7. The highest BCUT2D eigenvalue weighted by Crippen LogP contribution is 2.41. The number of amides is 1. The summed E-state index contributed by atoms with van der Waals surface area (Å²) >= 11 is 0. The molecule has 1 aliphatic rings. The molecule has 1 saturated heterocycles. The molecule has 1 fully saturated rings. The fraction of sp³-hybridized carbons (Fsp3) is 0.160. The number of methoxy groups -OCH3 is 1. The second-order valence-electron chi connectivity index (χ2n) is 7.08. The maximum atomic E-state index is 13.1. The fourth-order valence-electron chi connectivity index (χ4n) is 3.69. The molecule has 7 nitrogen and oxygen atoms in total. The molecule has 0 bridgehead atoms. The number of nitrogens with zero attached hydrogens (tertiary/aromatic N) is 2. The van der Waals surface area contributed by atoms with E-state index in [9.17, 15) is 14.7 Å². The van der Waals surface area contributed by atoms with E-state index in [1.54, 1.807) is 72.9 Å². The average molecular weight is 430 g/mol. The highest BCUT2D eigenvalue weighted by molar-refractivity contribution is 6.51. The number of hydrogen-bond donors (Lipinski definition) is 1. The van der Waals surface area contributed by atoms with Gasteiger partial charge in [0.2, 0.25) is 0 Å². The summed E-state index contributed by atoms with van der Waals surface area (Å²) in [7, 11) is 1.54. The van der Waals surface area contributed by atoms with Crippen LogP contribution in [0.1, 0.15) is 24.2 Å². The van der Waals surface area contributed by atoms with Gasteiger partial charge in [-0.2, -0.15) is 0 Å². The van der Waals surface area contributed by atoms with Gasteiger partial charge < -0.3 is 14.6 Å². The number of hydrogen-bond acceptors (Lipinski definition) is 6. The van der Waals surface area contributed by atoms with E-state index in [0.717, 1.165) is 0 Å². The molecule has 2 aromatic carbocycles. The Kier molecular flexibility index (Phi) is 5.89. The van der Waals surface area contributed by atoms with Crippen LogP contribution in [0.5, 0.6) is 11.5 Å². The van der Waals surface area contributed by atoms with Crippen LogP contribution in [0.15, 0.2) is 78.5 Å². The quantitative estimate of drug-likeness (QED) is 0.360. The van der Waals surface area contributed by atoms with Gasteiger partial charge in [0.25, 0.3) is 11.7 Å². The largest absolute Gasteiger partial charge is 0.507 e. The minimum atomic E-state index is -0.878. The topological polar surface area (TPSA) is 89.0 Å². The first-order valence-corrected chi connectivity index (χ1v) is 10.1. The number of rotatable bonds is 6. The van der Waals surface area contributed by atoms with E-state index in [1.807, 2.05) is 6.92 Å². The van der Waals surface area contributed by atoms with Gasteiger partial charge in [0.05, 0.1) is 25.0 Å². The number of ether oxygens (including phenoxy) is 2. The molecule has 32 heavy (non-hydrogen) atoms. The van der Waals surface area contributed by atoms with Crippen molar-refractivity contribution in [2.24, 2.45) is 0 Å². The molecular formula is C25H22N2O5. The van der Waals surface area contributed by atoms with E-state index < -0.39 is 17.7 Å². The SMILES string of the molecule is CCOc1ccc(N2C(=O)C(=O)/C(=C(\O)c3ccc(OC)cc3)C2c2ccccn2)cc1. The lowest BCUT2D eigenvalue weighted by Gasteiger charge is -2.24. The van der Waals surface area contributed by atoms with E-state index in [4.69, 9.17) is 9.47 Å². The highest BCUT2D eigenvalue weighted by Gasteiger charge is 2.47. The third-order valence-electron chi connectivity index (χ3n) is 5.20. The van der Waals surface area contributed by atoms with Gasteiger partial charge in [0.1, 0.15) is 23.3 Å². The molecule has 4 rings (SSSR count). The lowest BCUT2D eigenvalue weighted by atomic mass is 9.98. The standard InChI is InChI=1S/C25H22N2O5/c1-3-32-19-13-9-17(10-14-19)27-22(20-6-4-5-15-26-20)21(24(29)25(27)30)23(28)16-7-11-18(31-2)12-8-16/h4-15,22,28H,3H2,1-2H3/b23-21-. The van der Waals surface area contributed by atoms with Gasteiger partial charge in [-0.25, -0.2) is 0 Å². The van der Waals surface area contributed by atoms with Crippen LogP contribution in [0, 0.1) is 0 Å². The maximum Gasteiger partial charge on any atom is 0.300 e. The summed E-state index contributed by atoms with van der Waals surface area (Å²) in [6, 6.07) is 17.9. The summed E-state index contributed by atoms with van der Waals surface area (Å²) in [6.45, 7) is 2.40. The van der Waals surface area contributed by atoms with Crippen molar-refractivity contribution in [3.05, 3.63) is 89.8 Å². The predicted molar refractivity (Wildman–Crippen MR) is 120 cm³/mol. The summed E-state index contributed by atoms with van der Waals surface area (Å²) < 4.78 is 10.6. The first-order chi connectivity index (χ1) is 15.5. The van der Waals surface area contributed by atoms with E-state index in [2.05, 4.69) is 4.98 Å². The summed E-state index contributed by atoms with van der Waals surface area (Å²) in [6.07, 6.45) is 1.58. The van der Waals surface area contributed by atoms with Crippen molar-refractivity contribution in [2.45, 2.75) is 13.0 Å². The number of aromatic nitrogens is 1. The Hall–Kier alpha value is -4.13. The lowest BCUT2D eigenvalue weighted by molar-refractivity contribution is -0.132. The maximum absolute atomic E-state index is 13.1. The van der Waals surface area contributed by atoms with Gasteiger partial charge in [-0.3, -0.25) is 19.5 Å². The van der Waals surface area contributed by atoms with Gasteiger partial charge in [-0.1, -0.05) is 6.07 Å². The number of carbonyl (C=O) groups excluding carboxylic acids is 2. The molecule has 0 radical (unpaired) electrons. The number of carbonyl (C=O) groups is 2. The molecule has 0 aliphatic carbocycles. The number of ketones is 1. The number of anilines is 1. The van der Waals surface area contributed by atoms with Crippen LogP contribution >= 0.6 is 0 Å². The Morgan fingerprint density at radius 2 is 1.69 bits per heavy atom. The van der Waals surface area contributed by atoms with Crippen LogP contribution in [0.25, 0.3) is 5.76 Å². The molecule has 1 N–H and O–H groups in total. The van der Waals surface area contributed by atoms with Gasteiger partial charge in [-0.05, 0) is 67.6 Å². The first-order valence-electron chi connectivity index (χ1n) is 10.1. The third kappa shape index (κ3) is 3.80. The Bertz CT molecular complexity index is 1160. The van der Waals surface area contributed by atoms with Crippen LogP contribution in [0.3, 0.4) is 0 Å². The van der Waals surface area contributed by atoms with Crippen LogP contribution in [-0.2, 0) is 9.59 Å². The minimum absolute atomic E-state index is 0.0206. The molecule has 0 saturated carbocycles. The molecule has 7 heteroatoms. The normalized spacial score (nSPS) is 17.4. The zero-order chi connectivity index (χ0) is 22.7. The lowest BCUT2D eigenvalue weighted by Crippen LogP contribution is -2.29. The van der Waals surface area contributed by atoms with E-state index >= 15 is 0 Å². The monoisotopic (exact) mass is 430 g/mol. The van der Waals surface area contributed by atoms with Gasteiger partial charge in [0, 0.05) is 17.4 Å². The Morgan fingerprint density at radius 1 is 1.00 bits per heavy atom. The number of pyridine rings is 1. The molecule has 1 aromatic heterocycles. The van der Waals surface area contributed by atoms with Crippen molar-refractivity contribution in [1.82, 2.24) is 4.98 Å². The summed E-state index contributed by atoms with van der Waals surface area (Å²) in [5.74, 6) is -0.518. The Labute approximate surface area is 185 Å². The molecule has 0 spiro atoms. The van der Waals surface area contributed by atoms with Crippen molar-refractivity contribution in [2.75, 3.05) is 18.6 Å². The van der Waals surface area contributed by atoms with Gasteiger partial charge in [-0.15, -0.1) is 0 Å². The smallest absolute Gasteiger partial charge is 0.300 e. The number of Topliss-reactive ketones (excluding diaryl/α,β-unsaturated/α-hetero) is 1. The Balaban J connectivity index is 1.85. The van der Waals surface area contributed by atoms with Crippen LogP contribution in [0.2, 0.25) is 0 Å². The van der Waals surface area contributed by atoms with Gasteiger partial charge >= 0.3 is 0 Å². The van der Waals surface area contributed by atoms with E-state index in [1.165, 1.54) is 12.0 Å². The molecule has 1 atom stereocenters. The number of benzene rings is 2. The van der Waals surface area contributed by atoms with Crippen LogP contribution in [0.4, 0.5) is 5.69 Å². The van der Waals surface area contributed by atoms with Crippen LogP contribution < -0.4 is 14.4 Å². The number of aliphatic hydroxyl groups excluding tert-OH is 1. The number of aliphatic hydroxyl groups is 1. The molecule has 1 amide bonds. The van der Waals surface area contributed by atoms with E-state index in [0.29, 0.717) is 35.1 Å². The van der Waals surface area contributed by atoms with Crippen molar-refractivity contribution in [3.8, 4) is 11.5 Å². The average Bonchev–Trinajstić information content (AvgIpc) is 3.10. The molecule has 2 heterocycles. The zero-order valence-corrected chi connectivity index (χ0v) is 17.7. The minimum Gasteiger partial charge on any atom is -0.507 e. The van der Waals surface area contributed by atoms with Crippen molar-refractivity contribution in [1.29, 1.82) is 0 Å². The van der Waals surface area contributed by atoms with Gasteiger partial charge in [0.15, 0.2) is 0 Å². The summed E-state index contributed by atoms with van der Waals surface area (Å²) in [5.41, 5.74) is 1.35. The van der Waals surface area contributed by atoms with Crippen molar-refractivity contribution < 1.29 is 24.2 Å². The third-order valence-corrected chi connectivity index (χ3v) is 5.20. The first kappa shape index (κ1) is 21.1. The van der Waals surface area contributed by atoms with Crippen LogP contribution in [-0.4, -0.2) is 35.5 Å². The Morgan fingerprint density at radius 3 is 2.28 bits per heavy atom. The molecule has 1 unspecified atom stereocenters. The van der Waals surface area contributed by atoms with E-state index in [-0.39, 0.29) is 11.3 Å².